The Hall–Kier alpha value is -2.62. The molecule has 1 N–H and O–H groups in total. The first kappa shape index (κ1) is 13.4. The summed E-state index contributed by atoms with van der Waals surface area (Å²) >= 11 is 0. The Balaban J connectivity index is 1.94. The number of aromatic nitrogens is 2. The number of ether oxygens (including phenoxy) is 1. The Kier molecular flexibility index (Phi) is 3.69. The number of hydrogen-bond donors (Lipinski definition) is 1. The highest BCUT2D eigenvalue weighted by atomic mass is 16.5. The van der Waals surface area contributed by atoms with E-state index in [1.54, 1.807) is 19.5 Å². The average molecular weight is 279 g/mol. The van der Waals surface area contributed by atoms with E-state index in [0.29, 0.717) is 0 Å². The SMILES string of the molecule is COc1ccc2c(NC(C)c3cccnc3)nccc2c1. The summed E-state index contributed by atoms with van der Waals surface area (Å²) < 4.78 is 5.26. The molecule has 0 saturated carbocycles. The maximum absolute atomic E-state index is 5.26. The summed E-state index contributed by atoms with van der Waals surface area (Å²) in [6.45, 7) is 2.10. The van der Waals surface area contributed by atoms with Crippen molar-refractivity contribution in [2.75, 3.05) is 12.4 Å². The maximum Gasteiger partial charge on any atom is 0.134 e. The Bertz CT molecular complexity index is 743. The fourth-order valence-corrected chi connectivity index (χ4v) is 2.32. The van der Waals surface area contributed by atoms with Gasteiger partial charge >= 0.3 is 0 Å². The Morgan fingerprint density at radius 3 is 2.81 bits per heavy atom. The van der Waals surface area contributed by atoms with Crippen LogP contribution in [0, 0.1) is 0 Å². The van der Waals surface area contributed by atoms with Crippen LogP contribution in [-0.2, 0) is 0 Å². The highest BCUT2D eigenvalue weighted by Crippen LogP contribution is 2.27. The van der Waals surface area contributed by atoms with Crippen LogP contribution in [0.2, 0.25) is 0 Å². The van der Waals surface area contributed by atoms with Crippen LogP contribution in [0.15, 0.2) is 55.0 Å². The van der Waals surface area contributed by atoms with E-state index in [-0.39, 0.29) is 6.04 Å². The Morgan fingerprint density at radius 1 is 1.14 bits per heavy atom. The molecule has 1 atom stereocenters. The molecule has 2 aromatic heterocycles. The molecule has 2 heterocycles. The number of anilines is 1. The topological polar surface area (TPSA) is 47.0 Å². The van der Waals surface area contributed by atoms with E-state index in [1.165, 1.54) is 0 Å². The van der Waals surface area contributed by atoms with E-state index in [4.69, 9.17) is 4.74 Å². The van der Waals surface area contributed by atoms with Gasteiger partial charge in [0.05, 0.1) is 13.2 Å². The first-order chi connectivity index (χ1) is 10.3. The minimum absolute atomic E-state index is 0.138. The number of fused-ring (bicyclic) bond motifs is 1. The summed E-state index contributed by atoms with van der Waals surface area (Å²) in [4.78, 5) is 8.61. The zero-order valence-electron chi connectivity index (χ0n) is 12.1. The van der Waals surface area contributed by atoms with E-state index in [9.17, 15) is 0 Å². The van der Waals surface area contributed by atoms with Gasteiger partial charge in [-0.2, -0.15) is 0 Å². The van der Waals surface area contributed by atoms with E-state index in [1.807, 2.05) is 36.5 Å². The molecule has 0 bridgehead atoms. The molecular formula is C17H17N3O. The van der Waals surface area contributed by atoms with Gasteiger partial charge in [-0.25, -0.2) is 4.98 Å². The number of pyridine rings is 2. The number of rotatable bonds is 4. The first-order valence-corrected chi connectivity index (χ1v) is 6.87. The third-order valence-corrected chi connectivity index (χ3v) is 3.51. The van der Waals surface area contributed by atoms with Crippen molar-refractivity contribution in [1.82, 2.24) is 9.97 Å². The minimum atomic E-state index is 0.138. The summed E-state index contributed by atoms with van der Waals surface area (Å²) in [5.41, 5.74) is 1.13. The smallest absolute Gasteiger partial charge is 0.134 e. The fourth-order valence-electron chi connectivity index (χ4n) is 2.32. The fraction of sp³-hybridized carbons (Fsp3) is 0.176. The van der Waals surface area contributed by atoms with Crippen LogP contribution in [0.5, 0.6) is 5.75 Å². The van der Waals surface area contributed by atoms with Crippen molar-refractivity contribution in [2.24, 2.45) is 0 Å². The number of hydrogen-bond acceptors (Lipinski definition) is 4. The standard InChI is InChI=1S/C17H17N3O/c1-12(14-4-3-8-18-11-14)20-17-16-6-5-15(21-2)10-13(16)7-9-19-17/h3-12H,1-2H3,(H,19,20). The second-order valence-corrected chi connectivity index (χ2v) is 4.90. The highest BCUT2D eigenvalue weighted by Gasteiger charge is 2.09. The lowest BCUT2D eigenvalue weighted by Crippen LogP contribution is -2.08. The van der Waals surface area contributed by atoms with Crippen LogP contribution in [0.3, 0.4) is 0 Å². The summed E-state index contributed by atoms with van der Waals surface area (Å²) in [5, 5.41) is 5.63. The van der Waals surface area contributed by atoms with Gasteiger partial charge in [0, 0.05) is 24.0 Å². The number of benzene rings is 1. The third-order valence-electron chi connectivity index (χ3n) is 3.51. The van der Waals surface area contributed by atoms with Crippen LogP contribution in [0.25, 0.3) is 10.8 Å². The zero-order valence-corrected chi connectivity index (χ0v) is 12.1. The lowest BCUT2D eigenvalue weighted by molar-refractivity contribution is 0.415. The van der Waals surface area contributed by atoms with Gasteiger partial charge in [0.25, 0.3) is 0 Å². The van der Waals surface area contributed by atoms with Gasteiger partial charge < -0.3 is 10.1 Å². The summed E-state index contributed by atoms with van der Waals surface area (Å²) in [6, 6.07) is 12.1. The van der Waals surface area contributed by atoms with Gasteiger partial charge in [-0.05, 0) is 48.2 Å². The molecular weight excluding hydrogens is 262 g/mol. The van der Waals surface area contributed by atoms with Crippen molar-refractivity contribution < 1.29 is 4.74 Å². The first-order valence-electron chi connectivity index (χ1n) is 6.87. The molecule has 0 fully saturated rings. The number of nitrogens with zero attached hydrogens (tertiary/aromatic N) is 2. The average Bonchev–Trinajstić information content (AvgIpc) is 2.55. The van der Waals surface area contributed by atoms with Gasteiger partial charge in [-0.3, -0.25) is 4.98 Å². The van der Waals surface area contributed by atoms with Crippen molar-refractivity contribution in [3.63, 3.8) is 0 Å². The van der Waals surface area contributed by atoms with Gasteiger partial charge in [0.2, 0.25) is 0 Å². The number of nitrogens with one attached hydrogen (secondary N) is 1. The quantitative estimate of drug-likeness (QED) is 0.789. The largest absolute Gasteiger partial charge is 0.497 e. The van der Waals surface area contributed by atoms with E-state index in [2.05, 4.69) is 28.3 Å². The van der Waals surface area contributed by atoms with Crippen LogP contribution in [0.4, 0.5) is 5.82 Å². The second-order valence-electron chi connectivity index (χ2n) is 4.90. The lowest BCUT2D eigenvalue weighted by atomic mass is 10.1. The molecule has 4 nitrogen and oxygen atoms in total. The molecule has 0 aliphatic heterocycles. The summed E-state index contributed by atoms with van der Waals surface area (Å²) in [5.74, 6) is 1.71. The molecule has 3 rings (SSSR count). The Labute approximate surface area is 123 Å². The van der Waals surface area contributed by atoms with E-state index >= 15 is 0 Å². The predicted molar refractivity (Wildman–Crippen MR) is 84.6 cm³/mol. The van der Waals surface area contributed by atoms with Crippen LogP contribution in [-0.4, -0.2) is 17.1 Å². The highest BCUT2D eigenvalue weighted by molar-refractivity contribution is 5.92. The zero-order chi connectivity index (χ0) is 14.7. The van der Waals surface area contributed by atoms with Gasteiger partial charge in [-0.15, -0.1) is 0 Å². The van der Waals surface area contributed by atoms with E-state index in [0.717, 1.165) is 27.9 Å². The summed E-state index contributed by atoms with van der Waals surface area (Å²) in [6.07, 6.45) is 5.45. The van der Waals surface area contributed by atoms with Gasteiger partial charge in [-0.1, -0.05) is 6.07 Å². The molecule has 0 saturated heterocycles. The molecule has 0 amide bonds. The second kappa shape index (κ2) is 5.79. The molecule has 21 heavy (non-hydrogen) atoms. The monoisotopic (exact) mass is 279 g/mol. The lowest BCUT2D eigenvalue weighted by Gasteiger charge is -2.16. The molecule has 0 aliphatic rings. The molecule has 3 aromatic rings. The maximum atomic E-state index is 5.26. The third kappa shape index (κ3) is 2.79. The Morgan fingerprint density at radius 2 is 2.05 bits per heavy atom. The van der Waals surface area contributed by atoms with Crippen LogP contribution < -0.4 is 10.1 Å². The summed E-state index contributed by atoms with van der Waals surface area (Å²) in [7, 11) is 1.67. The van der Waals surface area contributed by atoms with E-state index < -0.39 is 0 Å². The molecule has 106 valence electrons. The van der Waals surface area contributed by atoms with Crippen LogP contribution in [0.1, 0.15) is 18.5 Å². The van der Waals surface area contributed by atoms with Gasteiger partial charge in [0.1, 0.15) is 11.6 Å². The minimum Gasteiger partial charge on any atom is -0.497 e. The molecule has 4 heteroatoms. The predicted octanol–water partition coefficient (Wildman–Crippen LogP) is 3.81. The normalized spacial score (nSPS) is 12.1. The number of methoxy groups -OCH3 is 1. The van der Waals surface area contributed by atoms with Crippen molar-refractivity contribution >= 4 is 16.6 Å². The van der Waals surface area contributed by atoms with Crippen molar-refractivity contribution in [1.29, 1.82) is 0 Å². The van der Waals surface area contributed by atoms with Crippen molar-refractivity contribution in [3.05, 3.63) is 60.6 Å². The van der Waals surface area contributed by atoms with Crippen molar-refractivity contribution in [2.45, 2.75) is 13.0 Å². The van der Waals surface area contributed by atoms with Crippen LogP contribution >= 0.6 is 0 Å². The van der Waals surface area contributed by atoms with Crippen molar-refractivity contribution in [3.8, 4) is 5.75 Å². The molecule has 1 unspecified atom stereocenters. The molecule has 0 spiro atoms. The molecule has 1 aromatic carbocycles. The molecule has 0 aliphatic carbocycles. The van der Waals surface area contributed by atoms with Gasteiger partial charge in [0.15, 0.2) is 0 Å². The molecule has 0 radical (unpaired) electrons.